The van der Waals surface area contributed by atoms with Gasteiger partial charge in [-0.15, -0.1) is 23.1 Å². The summed E-state index contributed by atoms with van der Waals surface area (Å²) in [6.45, 7) is 4.84. The molecular formula is C14H15N3OS3. The fraction of sp³-hybridized carbons (Fsp3) is 0.357. The fourth-order valence-corrected chi connectivity index (χ4v) is 4.74. The van der Waals surface area contributed by atoms with Crippen LogP contribution in [0, 0.1) is 6.92 Å². The van der Waals surface area contributed by atoms with Crippen molar-refractivity contribution in [2.24, 2.45) is 0 Å². The Bertz CT molecular complexity index is 818. The van der Waals surface area contributed by atoms with E-state index in [4.69, 9.17) is 0 Å². The van der Waals surface area contributed by atoms with E-state index in [0.29, 0.717) is 0 Å². The third-order valence-electron chi connectivity index (χ3n) is 3.22. The molecule has 4 nitrogen and oxygen atoms in total. The minimum Gasteiger partial charge on any atom is -0.303 e. The maximum Gasteiger partial charge on any atom is 0.307 e. The topological polar surface area (TPSA) is 47.8 Å². The van der Waals surface area contributed by atoms with Crippen LogP contribution in [0.3, 0.4) is 0 Å². The van der Waals surface area contributed by atoms with Gasteiger partial charge in [0.05, 0.1) is 0 Å². The largest absolute Gasteiger partial charge is 0.307 e. The molecule has 3 aromatic rings. The summed E-state index contributed by atoms with van der Waals surface area (Å²) in [4.78, 5) is 22.9. The van der Waals surface area contributed by atoms with E-state index in [0.717, 1.165) is 39.7 Å². The Labute approximate surface area is 134 Å². The summed E-state index contributed by atoms with van der Waals surface area (Å²) < 4.78 is 1.82. The highest BCUT2D eigenvalue weighted by atomic mass is 32.2. The molecule has 7 heteroatoms. The van der Waals surface area contributed by atoms with Crippen molar-refractivity contribution in [3.05, 3.63) is 38.0 Å². The van der Waals surface area contributed by atoms with Crippen LogP contribution in [0.25, 0.3) is 10.2 Å². The Hall–Kier alpha value is -1.18. The number of thiazole rings is 1. The standard InChI is InChI=1S/C14H15N3OS3/c1-3-10-6-11-12(15-8-16-13(11)21-10)19-5-4-17-9(2)7-20-14(17)18/h6-8H,3-5H2,1-2H3. The van der Waals surface area contributed by atoms with E-state index < -0.39 is 0 Å². The SMILES string of the molecule is CCc1cc2c(SCCn3c(C)csc3=O)ncnc2s1. The maximum atomic E-state index is 11.7. The van der Waals surface area contributed by atoms with Gasteiger partial charge in [0.15, 0.2) is 0 Å². The first-order valence-corrected chi connectivity index (χ1v) is 9.38. The normalized spacial score (nSPS) is 11.3. The molecule has 0 aliphatic heterocycles. The minimum absolute atomic E-state index is 0.115. The maximum absolute atomic E-state index is 11.7. The van der Waals surface area contributed by atoms with Gasteiger partial charge in [-0.25, -0.2) is 9.97 Å². The molecule has 3 rings (SSSR count). The summed E-state index contributed by atoms with van der Waals surface area (Å²) in [7, 11) is 0. The van der Waals surface area contributed by atoms with Crippen molar-refractivity contribution in [1.82, 2.24) is 14.5 Å². The summed E-state index contributed by atoms with van der Waals surface area (Å²) in [5.74, 6) is 0.834. The van der Waals surface area contributed by atoms with Crippen molar-refractivity contribution >= 4 is 44.7 Å². The molecule has 110 valence electrons. The van der Waals surface area contributed by atoms with Crippen molar-refractivity contribution in [1.29, 1.82) is 0 Å². The third-order valence-corrected chi connectivity index (χ3v) is 6.28. The molecule has 0 bridgehead atoms. The van der Waals surface area contributed by atoms with Gasteiger partial charge in [-0.05, 0) is 19.4 Å². The quantitative estimate of drug-likeness (QED) is 0.527. The lowest BCUT2D eigenvalue weighted by molar-refractivity contribution is 0.730. The Morgan fingerprint density at radius 3 is 2.95 bits per heavy atom. The lowest BCUT2D eigenvalue weighted by Crippen LogP contribution is -2.15. The molecule has 0 aliphatic carbocycles. The first-order valence-electron chi connectivity index (χ1n) is 6.70. The highest BCUT2D eigenvalue weighted by molar-refractivity contribution is 7.99. The van der Waals surface area contributed by atoms with Crippen molar-refractivity contribution in [2.75, 3.05) is 5.75 Å². The molecule has 3 heterocycles. The average molecular weight is 337 g/mol. The Balaban J connectivity index is 1.76. The summed E-state index contributed by atoms with van der Waals surface area (Å²) in [5, 5.41) is 4.05. The van der Waals surface area contributed by atoms with E-state index in [1.54, 1.807) is 29.4 Å². The number of thioether (sulfide) groups is 1. The van der Waals surface area contributed by atoms with Gasteiger partial charge in [0.25, 0.3) is 0 Å². The highest BCUT2D eigenvalue weighted by Gasteiger charge is 2.09. The van der Waals surface area contributed by atoms with Crippen molar-refractivity contribution < 1.29 is 0 Å². The molecule has 0 fully saturated rings. The number of fused-ring (bicyclic) bond motifs is 1. The number of aryl methyl sites for hydroxylation is 2. The second-order valence-corrected chi connectivity index (χ2v) is 7.63. The molecule has 21 heavy (non-hydrogen) atoms. The van der Waals surface area contributed by atoms with Crippen LogP contribution >= 0.6 is 34.4 Å². The molecule has 0 atom stereocenters. The van der Waals surface area contributed by atoms with Gasteiger partial charge in [-0.1, -0.05) is 18.3 Å². The van der Waals surface area contributed by atoms with Crippen LogP contribution in [0.2, 0.25) is 0 Å². The van der Waals surface area contributed by atoms with E-state index in [2.05, 4.69) is 23.0 Å². The molecule has 0 saturated carbocycles. The van der Waals surface area contributed by atoms with Crippen molar-refractivity contribution in [3.63, 3.8) is 0 Å². The summed E-state index contributed by atoms with van der Waals surface area (Å²) in [5.41, 5.74) is 1.03. The predicted octanol–water partition coefficient (Wildman–Crippen LogP) is 3.58. The lowest BCUT2D eigenvalue weighted by Gasteiger charge is -2.04. The van der Waals surface area contributed by atoms with Crippen molar-refractivity contribution in [2.45, 2.75) is 31.8 Å². The molecule has 0 amide bonds. The first-order chi connectivity index (χ1) is 10.2. The van der Waals surface area contributed by atoms with Crippen LogP contribution in [-0.4, -0.2) is 20.3 Å². The molecule has 0 aromatic carbocycles. The second-order valence-electron chi connectivity index (χ2n) is 4.61. The number of hydrogen-bond donors (Lipinski definition) is 0. The van der Waals surface area contributed by atoms with Crippen LogP contribution in [-0.2, 0) is 13.0 Å². The second kappa shape index (κ2) is 6.29. The van der Waals surface area contributed by atoms with Gasteiger partial charge >= 0.3 is 4.87 Å². The van der Waals surface area contributed by atoms with E-state index >= 15 is 0 Å². The lowest BCUT2D eigenvalue weighted by atomic mass is 10.3. The average Bonchev–Trinajstić information content (AvgIpc) is 3.05. The van der Waals surface area contributed by atoms with Gasteiger partial charge in [0.1, 0.15) is 16.2 Å². The summed E-state index contributed by atoms with van der Waals surface area (Å²) >= 11 is 4.68. The number of hydrogen-bond acceptors (Lipinski definition) is 6. The van der Waals surface area contributed by atoms with E-state index in [9.17, 15) is 4.79 Å². The van der Waals surface area contributed by atoms with Crippen molar-refractivity contribution in [3.8, 4) is 0 Å². The monoisotopic (exact) mass is 337 g/mol. The molecule has 0 N–H and O–H groups in total. The fourth-order valence-electron chi connectivity index (χ4n) is 2.08. The van der Waals surface area contributed by atoms with Crippen LogP contribution < -0.4 is 4.87 Å². The van der Waals surface area contributed by atoms with Gasteiger partial charge < -0.3 is 4.57 Å². The highest BCUT2D eigenvalue weighted by Crippen LogP contribution is 2.30. The zero-order valence-electron chi connectivity index (χ0n) is 11.8. The number of nitrogens with zero attached hydrogens (tertiary/aromatic N) is 3. The Kier molecular flexibility index (Phi) is 4.42. The Morgan fingerprint density at radius 1 is 1.38 bits per heavy atom. The van der Waals surface area contributed by atoms with Gasteiger partial charge in [-0.2, -0.15) is 0 Å². The smallest absolute Gasteiger partial charge is 0.303 e. The van der Waals surface area contributed by atoms with Crippen LogP contribution in [0.5, 0.6) is 0 Å². The minimum atomic E-state index is 0.115. The molecule has 0 unspecified atom stereocenters. The zero-order chi connectivity index (χ0) is 14.8. The van der Waals surface area contributed by atoms with E-state index in [-0.39, 0.29) is 4.87 Å². The molecule has 0 radical (unpaired) electrons. The molecule has 3 aromatic heterocycles. The first kappa shape index (κ1) is 14.7. The molecule has 0 aliphatic rings. The van der Waals surface area contributed by atoms with Crippen LogP contribution in [0.4, 0.5) is 0 Å². The number of thiophene rings is 1. The predicted molar refractivity (Wildman–Crippen MR) is 90.8 cm³/mol. The Morgan fingerprint density at radius 2 is 2.24 bits per heavy atom. The molecule has 0 spiro atoms. The van der Waals surface area contributed by atoms with E-state index in [1.165, 1.54) is 16.2 Å². The summed E-state index contributed by atoms with van der Waals surface area (Å²) in [6, 6.07) is 2.18. The number of rotatable bonds is 5. The van der Waals surface area contributed by atoms with Crippen LogP contribution in [0.15, 0.2) is 27.6 Å². The molecule has 0 saturated heterocycles. The van der Waals surface area contributed by atoms with Crippen LogP contribution in [0.1, 0.15) is 17.5 Å². The zero-order valence-corrected chi connectivity index (χ0v) is 14.3. The van der Waals surface area contributed by atoms with Gasteiger partial charge in [-0.3, -0.25) is 4.79 Å². The number of aromatic nitrogens is 3. The third kappa shape index (κ3) is 3.04. The van der Waals surface area contributed by atoms with Gasteiger partial charge in [0, 0.05) is 33.6 Å². The van der Waals surface area contributed by atoms with E-state index in [1.807, 2.05) is 16.9 Å². The summed E-state index contributed by atoms with van der Waals surface area (Å²) in [6.07, 6.45) is 2.65. The molecular weight excluding hydrogens is 322 g/mol. The van der Waals surface area contributed by atoms with Gasteiger partial charge in [0.2, 0.25) is 0 Å².